The van der Waals surface area contributed by atoms with E-state index in [1.54, 1.807) is 11.3 Å². The molecular formula is C13H19N5S. The summed E-state index contributed by atoms with van der Waals surface area (Å²) in [5.74, 6) is 0.945. The topological polar surface area (TPSA) is 53.9 Å². The molecule has 19 heavy (non-hydrogen) atoms. The normalized spacial score (nSPS) is 10.5. The van der Waals surface area contributed by atoms with Gasteiger partial charge in [0.05, 0.1) is 12.2 Å². The SMILES string of the molecule is CCc1nnc(CNc2ccc(C)nc2N(C)C)s1. The van der Waals surface area contributed by atoms with E-state index in [4.69, 9.17) is 0 Å². The number of pyridine rings is 1. The Kier molecular flexibility index (Phi) is 4.31. The zero-order valence-electron chi connectivity index (χ0n) is 11.8. The highest BCUT2D eigenvalue weighted by Crippen LogP contribution is 2.23. The van der Waals surface area contributed by atoms with Crippen molar-refractivity contribution in [2.24, 2.45) is 0 Å². The quantitative estimate of drug-likeness (QED) is 0.910. The molecule has 0 aromatic carbocycles. The van der Waals surface area contributed by atoms with Crippen LogP contribution in [-0.4, -0.2) is 29.3 Å². The zero-order valence-corrected chi connectivity index (χ0v) is 12.6. The molecule has 1 N–H and O–H groups in total. The third kappa shape index (κ3) is 3.41. The number of rotatable bonds is 5. The average Bonchev–Trinajstić information content (AvgIpc) is 2.85. The van der Waals surface area contributed by atoms with Crippen molar-refractivity contribution in [2.75, 3.05) is 24.3 Å². The number of aromatic nitrogens is 3. The maximum absolute atomic E-state index is 4.54. The Bertz CT molecular complexity index is 550. The summed E-state index contributed by atoms with van der Waals surface area (Å²) in [5.41, 5.74) is 2.03. The summed E-state index contributed by atoms with van der Waals surface area (Å²) in [5, 5.41) is 13.7. The minimum absolute atomic E-state index is 0.684. The van der Waals surface area contributed by atoms with Crippen LogP contribution in [0.4, 0.5) is 11.5 Å². The first kappa shape index (κ1) is 13.7. The van der Waals surface area contributed by atoms with Crippen LogP contribution in [0.2, 0.25) is 0 Å². The van der Waals surface area contributed by atoms with Crippen LogP contribution in [0.1, 0.15) is 22.6 Å². The molecule has 0 spiro atoms. The molecule has 0 saturated heterocycles. The molecule has 0 unspecified atom stereocenters. The van der Waals surface area contributed by atoms with Crippen molar-refractivity contribution in [3.63, 3.8) is 0 Å². The second-order valence-corrected chi connectivity index (χ2v) is 5.66. The first-order valence-electron chi connectivity index (χ1n) is 6.30. The van der Waals surface area contributed by atoms with Crippen LogP contribution in [0.15, 0.2) is 12.1 Å². The van der Waals surface area contributed by atoms with Gasteiger partial charge in [0, 0.05) is 19.8 Å². The molecule has 2 rings (SSSR count). The maximum atomic E-state index is 4.54. The van der Waals surface area contributed by atoms with E-state index in [0.717, 1.165) is 33.6 Å². The molecule has 0 radical (unpaired) electrons. The summed E-state index contributed by atoms with van der Waals surface area (Å²) in [6, 6.07) is 4.06. The highest BCUT2D eigenvalue weighted by Gasteiger charge is 2.08. The molecule has 2 heterocycles. The molecule has 0 amide bonds. The third-order valence-corrected chi connectivity index (χ3v) is 3.75. The lowest BCUT2D eigenvalue weighted by molar-refractivity contribution is 0.937. The predicted molar refractivity (Wildman–Crippen MR) is 79.9 cm³/mol. The maximum Gasteiger partial charge on any atom is 0.151 e. The predicted octanol–water partition coefficient (Wildman–Crippen LogP) is 2.48. The van der Waals surface area contributed by atoms with Crippen LogP contribution in [0.25, 0.3) is 0 Å². The summed E-state index contributed by atoms with van der Waals surface area (Å²) in [4.78, 5) is 6.54. The van der Waals surface area contributed by atoms with Crippen molar-refractivity contribution < 1.29 is 0 Å². The zero-order chi connectivity index (χ0) is 13.8. The van der Waals surface area contributed by atoms with Crippen LogP contribution in [0.3, 0.4) is 0 Å². The molecule has 0 bridgehead atoms. The number of anilines is 2. The summed E-state index contributed by atoms with van der Waals surface area (Å²) in [6.45, 7) is 4.77. The van der Waals surface area contributed by atoms with Crippen LogP contribution in [0.5, 0.6) is 0 Å². The van der Waals surface area contributed by atoms with Gasteiger partial charge in [-0.05, 0) is 25.5 Å². The van der Waals surface area contributed by atoms with E-state index in [1.807, 2.05) is 32.0 Å². The van der Waals surface area contributed by atoms with Crippen molar-refractivity contribution in [2.45, 2.75) is 26.8 Å². The van der Waals surface area contributed by atoms with Crippen LogP contribution in [0, 0.1) is 6.92 Å². The minimum atomic E-state index is 0.684. The molecule has 0 fully saturated rings. The molecule has 0 aliphatic carbocycles. The van der Waals surface area contributed by atoms with Gasteiger partial charge >= 0.3 is 0 Å². The van der Waals surface area contributed by atoms with Gasteiger partial charge in [-0.3, -0.25) is 0 Å². The first-order valence-corrected chi connectivity index (χ1v) is 7.12. The van der Waals surface area contributed by atoms with E-state index in [9.17, 15) is 0 Å². The van der Waals surface area contributed by atoms with Crippen molar-refractivity contribution >= 4 is 22.8 Å². The smallest absolute Gasteiger partial charge is 0.151 e. The Morgan fingerprint density at radius 3 is 2.58 bits per heavy atom. The van der Waals surface area contributed by atoms with Crippen molar-refractivity contribution in [3.05, 3.63) is 27.8 Å². The van der Waals surface area contributed by atoms with Gasteiger partial charge in [0.2, 0.25) is 0 Å². The van der Waals surface area contributed by atoms with Gasteiger partial charge in [-0.1, -0.05) is 18.3 Å². The van der Waals surface area contributed by atoms with Crippen LogP contribution < -0.4 is 10.2 Å². The molecule has 102 valence electrons. The van der Waals surface area contributed by atoms with E-state index >= 15 is 0 Å². The lowest BCUT2D eigenvalue weighted by Crippen LogP contribution is -2.14. The fourth-order valence-electron chi connectivity index (χ4n) is 1.70. The van der Waals surface area contributed by atoms with E-state index in [0.29, 0.717) is 6.54 Å². The number of hydrogen-bond donors (Lipinski definition) is 1. The van der Waals surface area contributed by atoms with Gasteiger partial charge in [0.1, 0.15) is 10.0 Å². The average molecular weight is 277 g/mol. The number of nitrogens with zero attached hydrogens (tertiary/aromatic N) is 4. The summed E-state index contributed by atoms with van der Waals surface area (Å²) in [7, 11) is 3.99. The van der Waals surface area contributed by atoms with E-state index in [2.05, 4.69) is 33.5 Å². The van der Waals surface area contributed by atoms with Crippen molar-refractivity contribution in [3.8, 4) is 0 Å². The Balaban J connectivity index is 2.10. The van der Waals surface area contributed by atoms with Gasteiger partial charge in [-0.15, -0.1) is 10.2 Å². The molecule has 5 nitrogen and oxygen atoms in total. The summed E-state index contributed by atoms with van der Waals surface area (Å²) < 4.78 is 0. The molecular weight excluding hydrogens is 258 g/mol. The Labute approximate surface area is 117 Å². The Hall–Kier alpha value is -1.69. The van der Waals surface area contributed by atoms with Crippen LogP contribution in [-0.2, 0) is 13.0 Å². The standard InChI is InChI=1S/C13H19N5S/c1-5-11-16-17-12(19-11)8-14-10-7-6-9(2)15-13(10)18(3)4/h6-7,14H,5,8H2,1-4H3. The lowest BCUT2D eigenvalue weighted by Gasteiger charge is -2.17. The summed E-state index contributed by atoms with van der Waals surface area (Å²) >= 11 is 1.65. The fraction of sp³-hybridized carbons (Fsp3) is 0.462. The number of nitrogens with one attached hydrogen (secondary N) is 1. The second-order valence-electron chi connectivity index (χ2n) is 4.51. The molecule has 6 heteroatoms. The van der Waals surface area contributed by atoms with E-state index in [-0.39, 0.29) is 0 Å². The molecule has 0 saturated carbocycles. The molecule has 0 aliphatic rings. The van der Waals surface area contributed by atoms with Gasteiger partial charge in [0.25, 0.3) is 0 Å². The van der Waals surface area contributed by atoms with Crippen molar-refractivity contribution in [1.82, 2.24) is 15.2 Å². The van der Waals surface area contributed by atoms with Gasteiger partial charge in [-0.2, -0.15) is 0 Å². The molecule has 0 aliphatic heterocycles. The Morgan fingerprint density at radius 2 is 1.95 bits per heavy atom. The third-order valence-electron chi connectivity index (χ3n) is 2.68. The van der Waals surface area contributed by atoms with E-state index in [1.165, 1.54) is 0 Å². The fourth-order valence-corrected chi connectivity index (χ4v) is 2.42. The highest BCUT2D eigenvalue weighted by molar-refractivity contribution is 7.11. The van der Waals surface area contributed by atoms with Crippen LogP contribution >= 0.6 is 11.3 Å². The lowest BCUT2D eigenvalue weighted by atomic mass is 10.3. The molecule has 2 aromatic heterocycles. The first-order chi connectivity index (χ1) is 9.10. The monoisotopic (exact) mass is 277 g/mol. The minimum Gasteiger partial charge on any atom is -0.375 e. The Morgan fingerprint density at radius 1 is 1.21 bits per heavy atom. The molecule has 2 aromatic rings. The number of hydrogen-bond acceptors (Lipinski definition) is 6. The molecule has 0 atom stereocenters. The van der Waals surface area contributed by atoms with Gasteiger partial charge in [0.15, 0.2) is 5.82 Å². The highest BCUT2D eigenvalue weighted by atomic mass is 32.1. The second kappa shape index (κ2) is 5.97. The summed E-state index contributed by atoms with van der Waals surface area (Å²) in [6.07, 6.45) is 0.937. The van der Waals surface area contributed by atoms with Gasteiger partial charge < -0.3 is 10.2 Å². The largest absolute Gasteiger partial charge is 0.375 e. The number of aryl methyl sites for hydroxylation is 2. The van der Waals surface area contributed by atoms with E-state index < -0.39 is 0 Å². The van der Waals surface area contributed by atoms with Crippen molar-refractivity contribution in [1.29, 1.82) is 0 Å². The van der Waals surface area contributed by atoms with Gasteiger partial charge in [-0.25, -0.2) is 4.98 Å².